The molecule has 5 heteroatoms. The van der Waals surface area contributed by atoms with Crippen molar-refractivity contribution >= 4 is 11.7 Å². The third-order valence-electron chi connectivity index (χ3n) is 3.69. The average Bonchev–Trinajstić information content (AvgIpc) is 2.97. The Morgan fingerprint density at radius 2 is 1.96 bits per heavy atom. The van der Waals surface area contributed by atoms with Crippen molar-refractivity contribution < 1.29 is 9.53 Å². The zero-order valence-electron chi connectivity index (χ0n) is 13.7. The minimum Gasteiger partial charge on any atom is -0.380 e. The number of aryl methyl sites for hydroxylation is 1. The van der Waals surface area contributed by atoms with Gasteiger partial charge in [-0.25, -0.2) is 4.68 Å². The van der Waals surface area contributed by atoms with E-state index in [1.165, 1.54) is 0 Å². The van der Waals surface area contributed by atoms with Crippen LogP contribution in [0.5, 0.6) is 0 Å². The summed E-state index contributed by atoms with van der Waals surface area (Å²) in [4.78, 5) is 12.6. The van der Waals surface area contributed by atoms with Crippen molar-refractivity contribution in [2.75, 3.05) is 12.4 Å². The second-order valence-corrected chi connectivity index (χ2v) is 5.51. The largest absolute Gasteiger partial charge is 0.380 e. The van der Waals surface area contributed by atoms with Gasteiger partial charge in [0.1, 0.15) is 5.82 Å². The first-order valence-corrected chi connectivity index (χ1v) is 7.68. The van der Waals surface area contributed by atoms with Crippen LogP contribution in [0.15, 0.2) is 60.8 Å². The molecule has 0 unspecified atom stereocenters. The van der Waals surface area contributed by atoms with Crippen LogP contribution in [0.4, 0.5) is 5.82 Å². The minimum absolute atomic E-state index is 0.172. The molecule has 0 spiro atoms. The van der Waals surface area contributed by atoms with Crippen molar-refractivity contribution in [3.05, 3.63) is 77.5 Å². The lowest BCUT2D eigenvalue weighted by Gasteiger charge is -2.11. The molecule has 1 N–H and O–H groups in total. The fourth-order valence-corrected chi connectivity index (χ4v) is 2.50. The summed E-state index contributed by atoms with van der Waals surface area (Å²) in [6.45, 7) is 2.39. The van der Waals surface area contributed by atoms with E-state index >= 15 is 0 Å². The number of nitrogens with one attached hydrogen (secondary N) is 1. The Morgan fingerprint density at radius 3 is 2.71 bits per heavy atom. The highest BCUT2D eigenvalue weighted by Gasteiger charge is 2.14. The first-order chi connectivity index (χ1) is 11.7. The number of anilines is 1. The summed E-state index contributed by atoms with van der Waals surface area (Å²) < 4.78 is 6.85. The van der Waals surface area contributed by atoms with E-state index in [1.807, 2.05) is 55.5 Å². The molecule has 122 valence electrons. The van der Waals surface area contributed by atoms with Crippen molar-refractivity contribution in [1.82, 2.24) is 9.78 Å². The first kappa shape index (κ1) is 16.0. The molecule has 3 rings (SSSR count). The lowest BCUT2D eigenvalue weighted by molar-refractivity contribution is 0.102. The number of para-hydroxylation sites is 1. The van der Waals surface area contributed by atoms with E-state index in [-0.39, 0.29) is 5.91 Å². The third kappa shape index (κ3) is 3.36. The highest BCUT2D eigenvalue weighted by atomic mass is 16.5. The molecule has 1 amide bonds. The molecule has 3 aromatic rings. The van der Waals surface area contributed by atoms with E-state index in [9.17, 15) is 4.79 Å². The van der Waals surface area contributed by atoms with Gasteiger partial charge in [0.15, 0.2) is 0 Å². The second kappa shape index (κ2) is 7.10. The van der Waals surface area contributed by atoms with Crippen molar-refractivity contribution in [1.29, 1.82) is 0 Å². The highest BCUT2D eigenvalue weighted by molar-refractivity contribution is 6.04. The summed E-state index contributed by atoms with van der Waals surface area (Å²) in [7, 11) is 1.63. The van der Waals surface area contributed by atoms with Crippen LogP contribution in [0.25, 0.3) is 5.69 Å². The number of aromatic nitrogens is 2. The van der Waals surface area contributed by atoms with Gasteiger partial charge in [-0.2, -0.15) is 5.10 Å². The predicted molar refractivity (Wildman–Crippen MR) is 93.4 cm³/mol. The van der Waals surface area contributed by atoms with Crippen molar-refractivity contribution in [3.63, 3.8) is 0 Å². The molecule has 0 bridgehead atoms. The van der Waals surface area contributed by atoms with Gasteiger partial charge in [0.05, 0.1) is 18.5 Å². The summed E-state index contributed by atoms with van der Waals surface area (Å²) >= 11 is 0. The molecule has 1 aromatic heterocycles. The minimum atomic E-state index is -0.172. The summed E-state index contributed by atoms with van der Waals surface area (Å²) in [5.41, 5.74) is 3.34. The predicted octanol–water partition coefficient (Wildman–Crippen LogP) is 3.58. The fourth-order valence-electron chi connectivity index (χ4n) is 2.50. The summed E-state index contributed by atoms with van der Waals surface area (Å²) in [5.74, 6) is 0.497. The fraction of sp³-hybridized carbons (Fsp3) is 0.158. The zero-order chi connectivity index (χ0) is 16.9. The van der Waals surface area contributed by atoms with Crippen LogP contribution in [0.3, 0.4) is 0 Å². The number of nitrogens with zero attached hydrogens (tertiary/aromatic N) is 2. The number of benzene rings is 2. The number of amides is 1. The summed E-state index contributed by atoms with van der Waals surface area (Å²) in [6, 6.07) is 17.1. The Balaban J connectivity index is 1.88. The number of hydrogen-bond acceptors (Lipinski definition) is 3. The molecule has 0 aliphatic carbocycles. The molecule has 0 saturated heterocycles. The molecule has 0 saturated carbocycles. The molecule has 1 heterocycles. The van der Waals surface area contributed by atoms with Crippen LogP contribution < -0.4 is 5.32 Å². The lowest BCUT2D eigenvalue weighted by atomic mass is 10.1. The second-order valence-electron chi connectivity index (χ2n) is 5.51. The topological polar surface area (TPSA) is 56.1 Å². The van der Waals surface area contributed by atoms with Gasteiger partial charge in [0.2, 0.25) is 0 Å². The van der Waals surface area contributed by atoms with Gasteiger partial charge in [-0.1, -0.05) is 30.3 Å². The van der Waals surface area contributed by atoms with E-state index in [4.69, 9.17) is 4.74 Å². The van der Waals surface area contributed by atoms with Gasteiger partial charge in [-0.15, -0.1) is 0 Å². The maximum absolute atomic E-state index is 12.6. The van der Waals surface area contributed by atoms with Gasteiger partial charge in [-0.3, -0.25) is 4.79 Å². The maximum atomic E-state index is 12.6. The Hall–Kier alpha value is -2.92. The molecular formula is C19H19N3O2. The van der Waals surface area contributed by atoms with Crippen LogP contribution in [-0.4, -0.2) is 22.8 Å². The van der Waals surface area contributed by atoms with Crippen molar-refractivity contribution in [3.8, 4) is 5.69 Å². The Bertz CT molecular complexity index is 841. The highest BCUT2D eigenvalue weighted by Crippen LogP contribution is 2.20. The number of ether oxygens (including phenoxy) is 1. The number of hydrogen-bond donors (Lipinski definition) is 1. The summed E-state index contributed by atoms with van der Waals surface area (Å²) in [6.07, 6.45) is 1.74. The lowest BCUT2D eigenvalue weighted by Crippen LogP contribution is -2.16. The van der Waals surface area contributed by atoms with Crippen LogP contribution in [0.2, 0.25) is 0 Å². The molecule has 0 atom stereocenters. The Labute approximate surface area is 140 Å². The molecular weight excluding hydrogens is 302 g/mol. The van der Waals surface area contributed by atoms with Gasteiger partial charge < -0.3 is 10.1 Å². The first-order valence-electron chi connectivity index (χ1n) is 7.68. The SMILES string of the molecule is COCc1cccc(C(=O)Nc2c(C)cnn2-c2ccccc2)c1. The van der Waals surface area contributed by atoms with Crippen LogP contribution >= 0.6 is 0 Å². The zero-order valence-corrected chi connectivity index (χ0v) is 13.7. The van der Waals surface area contributed by atoms with Crippen LogP contribution in [0, 0.1) is 6.92 Å². The molecule has 5 nitrogen and oxygen atoms in total. The number of carbonyl (C=O) groups is 1. The Morgan fingerprint density at radius 1 is 1.17 bits per heavy atom. The number of methoxy groups -OCH3 is 1. The third-order valence-corrected chi connectivity index (χ3v) is 3.69. The van der Waals surface area contributed by atoms with E-state index < -0.39 is 0 Å². The molecule has 0 aliphatic heterocycles. The van der Waals surface area contributed by atoms with Crippen LogP contribution in [0.1, 0.15) is 21.5 Å². The molecule has 0 fully saturated rings. The van der Waals surface area contributed by atoms with E-state index in [1.54, 1.807) is 24.1 Å². The average molecular weight is 321 g/mol. The monoisotopic (exact) mass is 321 g/mol. The molecule has 0 radical (unpaired) electrons. The molecule has 2 aromatic carbocycles. The van der Waals surface area contributed by atoms with E-state index in [2.05, 4.69) is 10.4 Å². The molecule has 0 aliphatic rings. The van der Waals surface area contributed by atoms with Gasteiger partial charge >= 0.3 is 0 Å². The van der Waals surface area contributed by atoms with Crippen molar-refractivity contribution in [2.24, 2.45) is 0 Å². The van der Waals surface area contributed by atoms with Gasteiger partial charge in [0, 0.05) is 18.2 Å². The number of carbonyl (C=O) groups excluding carboxylic acids is 1. The molecule has 24 heavy (non-hydrogen) atoms. The smallest absolute Gasteiger partial charge is 0.256 e. The van der Waals surface area contributed by atoms with Gasteiger partial charge in [-0.05, 0) is 36.8 Å². The summed E-state index contributed by atoms with van der Waals surface area (Å²) in [5, 5.41) is 7.33. The van der Waals surface area contributed by atoms with E-state index in [0.717, 1.165) is 16.8 Å². The van der Waals surface area contributed by atoms with Crippen LogP contribution in [-0.2, 0) is 11.3 Å². The maximum Gasteiger partial charge on any atom is 0.256 e. The quantitative estimate of drug-likeness (QED) is 0.781. The normalized spacial score (nSPS) is 10.6. The Kier molecular flexibility index (Phi) is 4.72. The standard InChI is InChI=1S/C19H19N3O2/c1-14-12-20-22(17-9-4-3-5-10-17)18(14)21-19(23)16-8-6-7-15(11-16)13-24-2/h3-12H,13H2,1-2H3,(H,21,23). The van der Waals surface area contributed by atoms with Crippen molar-refractivity contribution in [2.45, 2.75) is 13.5 Å². The number of rotatable bonds is 5. The van der Waals surface area contributed by atoms with E-state index in [0.29, 0.717) is 18.0 Å². The van der Waals surface area contributed by atoms with Gasteiger partial charge in [0.25, 0.3) is 5.91 Å².